The second kappa shape index (κ2) is 10.7. The fourth-order valence-corrected chi connectivity index (χ4v) is 2.93. The average molecular weight is 363 g/mol. The van der Waals surface area contributed by atoms with Gasteiger partial charge < -0.3 is 25.0 Å². The van der Waals surface area contributed by atoms with Crippen LogP contribution in [0.1, 0.15) is 33.1 Å². The van der Waals surface area contributed by atoms with E-state index in [-0.39, 0.29) is 11.9 Å². The molecule has 3 amide bonds. The van der Waals surface area contributed by atoms with E-state index in [2.05, 4.69) is 10.6 Å². The highest BCUT2D eigenvalue weighted by atomic mass is 16.5. The third-order valence-electron chi connectivity index (χ3n) is 4.20. The minimum Gasteiger partial charge on any atom is -0.494 e. The summed E-state index contributed by atoms with van der Waals surface area (Å²) in [4.78, 5) is 26.5. The third kappa shape index (κ3) is 5.91. The lowest BCUT2D eigenvalue weighted by Crippen LogP contribution is -2.47. The molecule has 0 spiro atoms. The van der Waals surface area contributed by atoms with Crippen LogP contribution in [0, 0.1) is 0 Å². The van der Waals surface area contributed by atoms with E-state index >= 15 is 0 Å². The molecule has 2 rings (SSSR count). The molecule has 1 heterocycles. The number of likely N-dealkylation sites (tertiary alicyclic amines) is 1. The van der Waals surface area contributed by atoms with Gasteiger partial charge in [0.25, 0.3) is 0 Å². The highest BCUT2D eigenvalue weighted by Crippen LogP contribution is 2.20. The number of carbonyl (C=O) groups is 2. The van der Waals surface area contributed by atoms with Gasteiger partial charge in [0.2, 0.25) is 5.91 Å². The monoisotopic (exact) mass is 363 g/mol. The molecule has 2 N–H and O–H groups in total. The molecule has 26 heavy (non-hydrogen) atoms. The Kier molecular flexibility index (Phi) is 8.21. The summed E-state index contributed by atoms with van der Waals surface area (Å²) in [5, 5.41) is 5.75. The molecule has 1 aliphatic rings. The van der Waals surface area contributed by atoms with E-state index in [1.807, 2.05) is 26.0 Å². The topological polar surface area (TPSA) is 79.9 Å². The number of hydrogen-bond donors (Lipinski definition) is 2. The molecule has 7 nitrogen and oxygen atoms in total. The Morgan fingerprint density at radius 1 is 1.19 bits per heavy atom. The van der Waals surface area contributed by atoms with Gasteiger partial charge in [-0.05, 0) is 57.4 Å². The summed E-state index contributed by atoms with van der Waals surface area (Å²) in [5.41, 5.74) is 0.682. The first-order chi connectivity index (χ1) is 12.7. The summed E-state index contributed by atoms with van der Waals surface area (Å²) in [7, 11) is 0. The Hall–Kier alpha value is -2.28. The second-order valence-corrected chi connectivity index (χ2v) is 6.08. The molecule has 1 saturated heterocycles. The number of amides is 3. The van der Waals surface area contributed by atoms with E-state index < -0.39 is 6.04 Å². The van der Waals surface area contributed by atoms with Crippen LogP contribution in [-0.2, 0) is 9.53 Å². The number of nitrogens with zero attached hydrogens (tertiary/aromatic N) is 1. The summed E-state index contributed by atoms with van der Waals surface area (Å²) >= 11 is 0. The van der Waals surface area contributed by atoms with E-state index in [1.54, 1.807) is 17.0 Å². The quantitative estimate of drug-likeness (QED) is 0.661. The maximum Gasteiger partial charge on any atom is 0.322 e. The van der Waals surface area contributed by atoms with E-state index in [0.717, 1.165) is 18.6 Å². The van der Waals surface area contributed by atoms with Gasteiger partial charge in [-0.3, -0.25) is 4.79 Å². The molecular weight excluding hydrogens is 334 g/mol. The molecule has 1 atom stereocenters. The smallest absolute Gasteiger partial charge is 0.322 e. The predicted molar refractivity (Wildman–Crippen MR) is 100 cm³/mol. The highest BCUT2D eigenvalue weighted by molar-refractivity contribution is 5.94. The van der Waals surface area contributed by atoms with Crippen LogP contribution in [0.3, 0.4) is 0 Å². The first-order valence-corrected chi connectivity index (χ1v) is 9.31. The van der Waals surface area contributed by atoms with Crippen LogP contribution in [-0.4, -0.2) is 55.8 Å². The van der Waals surface area contributed by atoms with Gasteiger partial charge in [0.15, 0.2) is 0 Å². The summed E-state index contributed by atoms with van der Waals surface area (Å²) in [5.74, 6) is 0.664. The van der Waals surface area contributed by atoms with Gasteiger partial charge in [-0.25, -0.2) is 4.79 Å². The molecule has 1 aliphatic heterocycles. The highest BCUT2D eigenvalue weighted by Gasteiger charge is 2.33. The maximum atomic E-state index is 12.5. The van der Waals surface area contributed by atoms with Gasteiger partial charge in [0.05, 0.1) is 6.61 Å². The molecule has 0 bridgehead atoms. The lowest BCUT2D eigenvalue weighted by Gasteiger charge is -2.24. The van der Waals surface area contributed by atoms with Crippen LogP contribution >= 0.6 is 0 Å². The Bertz CT molecular complexity index is 577. The van der Waals surface area contributed by atoms with Crippen molar-refractivity contribution in [1.82, 2.24) is 10.2 Å². The first kappa shape index (κ1) is 20.0. The van der Waals surface area contributed by atoms with E-state index in [9.17, 15) is 9.59 Å². The minimum atomic E-state index is -0.412. The number of rotatable bonds is 9. The predicted octanol–water partition coefficient (Wildman–Crippen LogP) is 2.62. The van der Waals surface area contributed by atoms with Crippen LogP contribution in [0.5, 0.6) is 5.75 Å². The lowest BCUT2D eigenvalue weighted by atomic mass is 10.2. The number of ether oxygens (including phenoxy) is 2. The van der Waals surface area contributed by atoms with Crippen molar-refractivity contribution in [2.75, 3.05) is 38.2 Å². The zero-order valence-corrected chi connectivity index (χ0v) is 15.6. The molecule has 1 aromatic rings. The van der Waals surface area contributed by atoms with Gasteiger partial charge >= 0.3 is 6.03 Å². The van der Waals surface area contributed by atoms with Gasteiger partial charge in [0.1, 0.15) is 11.8 Å². The van der Waals surface area contributed by atoms with Crippen LogP contribution < -0.4 is 15.4 Å². The van der Waals surface area contributed by atoms with Crippen molar-refractivity contribution < 1.29 is 19.1 Å². The zero-order chi connectivity index (χ0) is 18.8. The fourth-order valence-electron chi connectivity index (χ4n) is 2.93. The molecule has 0 saturated carbocycles. The summed E-state index contributed by atoms with van der Waals surface area (Å²) < 4.78 is 10.6. The summed E-state index contributed by atoms with van der Waals surface area (Å²) in [6.07, 6.45) is 2.28. The summed E-state index contributed by atoms with van der Waals surface area (Å²) in [6, 6.07) is 6.55. The molecule has 0 aromatic heterocycles. The first-order valence-electron chi connectivity index (χ1n) is 9.31. The second-order valence-electron chi connectivity index (χ2n) is 6.08. The normalized spacial score (nSPS) is 16.4. The zero-order valence-electron chi connectivity index (χ0n) is 15.6. The van der Waals surface area contributed by atoms with E-state index in [4.69, 9.17) is 9.47 Å². The largest absolute Gasteiger partial charge is 0.494 e. The average Bonchev–Trinajstić information content (AvgIpc) is 3.13. The number of carbonyl (C=O) groups excluding carboxylic acids is 2. The molecular formula is C19H29N3O4. The van der Waals surface area contributed by atoms with Crippen molar-refractivity contribution >= 4 is 17.6 Å². The van der Waals surface area contributed by atoms with Gasteiger partial charge in [-0.2, -0.15) is 0 Å². The molecule has 1 fully saturated rings. The Labute approximate surface area is 155 Å². The number of hydrogen-bond acceptors (Lipinski definition) is 4. The van der Waals surface area contributed by atoms with Crippen molar-refractivity contribution in [3.63, 3.8) is 0 Å². The molecule has 144 valence electrons. The minimum absolute atomic E-state index is 0.0964. The number of anilines is 1. The summed E-state index contributed by atoms with van der Waals surface area (Å²) in [6.45, 7) is 6.91. The standard InChI is InChI=1S/C19H29N3O4/c1-3-25-14-6-12-20-18(23)17-7-5-13-22(17)19(24)21-15-8-10-16(11-9-15)26-4-2/h8-11,17H,3-7,12-14H2,1-2H3,(H,20,23)(H,21,24). The van der Waals surface area contributed by atoms with Crippen LogP contribution in [0.15, 0.2) is 24.3 Å². The van der Waals surface area contributed by atoms with Crippen LogP contribution in [0.4, 0.5) is 10.5 Å². The van der Waals surface area contributed by atoms with Crippen molar-refractivity contribution in [1.29, 1.82) is 0 Å². The fraction of sp³-hybridized carbons (Fsp3) is 0.579. The third-order valence-corrected chi connectivity index (χ3v) is 4.20. The Morgan fingerprint density at radius 3 is 2.65 bits per heavy atom. The Balaban J connectivity index is 1.83. The number of nitrogens with one attached hydrogen (secondary N) is 2. The van der Waals surface area contributed by atoms with Crippen LogP contribution in [0.25, 0.3) is 0 Å². The van der Waals surface area contributed by atoms with Gasteiger partial charge in [0, 0.05) is 32.0 Å². The molecule has 7 heteroatoms. The van der Waals surface area contributed by atoms with Crippen molar-refractivity contribution in [3.8, 4) is 5.75 Å². The van der Waals surface area contributed by atoms with Crippen molar-refractivity contribution in [2.24, 2.45) is 0 Å². The van der Waals surface area contributed by atoms with E-state index in [1.165, 1.54) is 0 Å². The van der Waals surface area contributed by atoms with Crippen molar-refractivity contribution in [2.45, 2.75) is 39.2 Å². The molecule has 0 radical (unpaired) electrons. The molecule has 1 aromatic carbocycles. The van der Waals surface area contributed by atoms with E-state index in [0.29, 0.717) is 45.0 Å². The van der Waals surface area contributed by atoms with Gasteiger partial charge in [-0.1, -0.05) is 0 Å². The molecule has 1 unspecified atom stereocenters. The number of urea groups is 1. The Morgan fingerprint density at radius 2 is 1.96 bits per heavy atom. The lowest BCUT2D eigenvalue weighted by molar-refractivity contribution is -0.124. The van der Waals surface area contributed by atoms with Crippen LogP contribution in [0.2, 0.25) is 0 Å². The molecule has 0 aliphatic carbocycles. The maximum absolute atomic E-state index is 12.5. The van der Waals surface area contributed by atoms with Gasteiger partial charge in [-0.15, -0.1) is 0 Å². The number of benzene rings is 1. The SMILES string of the molecule is CCOCCCNC(=O)C1CCCN1C(=O)Nc1ccc(OCC)cc1. The van der Waals surface area contributed by atoms with Crippen molar-refractivity contribution in [3.05, 3.63) is 24.3 Å².